The number of unbranched alkanes of at least 4 members (excludes halogenated alkanes) is 31. The molecule has 0 amide bonds. The Kier molecular flexibility index (Phi) is 65.9. The van der Waals surface area contributed by atoms with Crippen molar-refractivity contribution in [3.63, 3.8) is 0 Å². The fraction of sp³-hybridized carbons (Fsp3) is 0.680. The fourth-order valence-corrected chi connectivity index (χ4v) is 9.40. The van der Waals surface area contributed by atoms with Crippen LogP contribution in [0.2, 0.25) is 0 Å². The second-order valence-electron chi connectivity index (χ2n) is 22.2. The molecule has 5 heteroatoms. The molecule has 0 aromatic carbocycles. The van der Waals surface area contributed by atoms with Crippen LogP contribution in [0.5, 0.6) is 0 Å². The van der Waals surface area contributed by atoms with E-state index < -0.39 is 6.10 Å². The van der Waals surface area contributed by atoms with Gasteiger partial charge in [0.05, 0.1) is 6.61 Å². The number of carbonyl (C=O) groups is 2. The molecule has 0 saturated carbocycles. The molecule has 0 spiro atoms. The van der Waals surface area contributed by atoms with Gasteiger partial charge >= 0.3 is 11.9 Å². The number of rotatable bonds is 61. The van der Waals surface area contributed by atoms with Crippen LogP contribution in [-0.4, -0.2) is 36.4 Å². The van der Waals surface area contributed by atoms with Crippen molar-refractivity contribution >= 4 is 11.9 Å². The van der Waals surface area contributed by atoms with Crippen LogP contribution in [0.3, 0.4) is 0 Å². The Bertz CT molecular complexity index is 1630. The first-order chi connectivity index (χ1) is 39.6. The Morgan fingerprint density at radius 1 is 0.300 bits per heavy atom. The van der Waals surface area contributed by atoms with Crippen molar-refractivity contribution in [1.29, 1.82) is 0 Å². The number of ether oxygens (including phenoxy) is 2. The average molecular weight is 1110 g/mol. The highest BCUT2D eigenvalue weighted by atomic mass is 16.6. The van der Waals surface area contributed by atoms with Crippen LogP contribution in [0.1, 0.15) is 309 Å². The average Bonchev–Trinajstić information content (AvgIpc) is 3.46. The molecule has 0 fully saturated rings. The predicted molar refractivity (Wildman–Crippen MR) is 352 cm³/mol. The van der Waals surface area contributed by atoms with Crippen molar-refractivity contribution in [2.24, 2.45) is 0 Å². The number of aliphatic hydroxyl groups excluding tert-OH is 1. The SMILES string of the molecule is CC/C=C\C/C=C\C/C=C\C/C=C\C/C=C\C/C=C\C/C=C\C/C=C\CCCCCCCCCCCCCCCCCCC(=O)OC(CO)COC(=O)CCCCCCCCCCCC/C=C\C/C=C\C/C=C\CCCCCCC. The normalized spacial score (nSPS) is 13.1. The van der Waals surface area contributed by atoms with Crippen LogP contribution < -0.4 is 0 Å². The van der Waals surface area contributed by atoms with E-state index in [1.807, 2.05) is 0 Å². The molecule has 1 N–H and O–H groups in total. The standard InChI is InChI=1S/C75H126O5/c1-3-5-7-9-11-13-15-17-19-21-23-25-27-29-30-31-32-33-34-35-36-37-38-39-40-41-42-43-44-46-48-50-52-54-56-58-60-62-64-66-68-70-75(78)80-73(71-76)72-79-74(77)69-67-65-63-61-59-57-55-53-51-49-47-45-28-26-24-22-20-18-16-14-12-10-8-6-4-2/h5,7,11,13,16-19,22-25,28-30,32-33,35-36,38-39,45,73,76H,3-4,6,8-10,12,14-15,20-21,26-27,31,34,37,40-44,46-72H2,1-2H3/b7-5-,13-11-,18-16-,19-17-,24-22-,25-23-,30-29-,33-32-,36-35-,39-38-,45-28-. The minimum absolute atomic E-state index is 0.0715. The lowest BCUT2D eigenvalue weighted by atomic mass is 10.0. The topological polar surface area (TPSA) is 72.8 Å². The quantitative estimate of drug-likeness (QED) is 0.0373. The van der Waals surface area contributed by atoms with Crippen molar-refractivity contribution in [2.45, 2.75) is 315 Å². The first-order valence-corrected chi connectivity index (χ1v) is 33.7. The first-order valence-electron chi connectivity index (χ1n) is 33.7. The van der Waals surface area contributed by atoms with Crippen LogP contribution >= 0.6 is 0 Å². The summed E-state index contributed by atoms with van der Waals surface area (Å²) in [5, 5.41) is 9.69. The second kappa shape index (κ2) is 69.3. The molecule has 0 aromatic rings. The third kappa shape index (κ3) is 66.6. The molecular weight excluding hydrogens is 981 g/mol. The lowest BCUT2D eigenvalue weighted by molar-refractivity contribution is -0.161. The summed E-state index contributed by atoms with van der Waals surface area (Å²) in [6.07, 6.45) is 103. The Morgan fingerprint density at radius 3 is 0.812 bits per heavy atom. The highest BCUT2D eigenvalue weighted by Gasteiger charge is 2.16. The summed E-state index contributed by atoms with van der Waals surface area (Å²) in [5.41, 5.74) is 0. The van der Waals surface area contributed by atoms with Gasteiger partial charge in [0.2, 0.25) is 0 Å². The van der Waals surface area contributed by atoms with Gasteiger partial charge in [-0.2, -0.15) is 0 Å². The second-order valence-corrected chi connectivity index (χ2v) is 22.2. The molecule has 0 aliphatic carbocycles. The minimum atomic E-state index is -0.782. The van der Waals surface area contributed by atoms with Crippen LogP contribution in [0.15, 0.2) is 134 Å². The number of esters is 2. The largest absolute Gasteiger partial charge is 0.462 e. The maximum absolute atomic E-state index is 12.4. The summed E-state index contributed by atoms with van der Waals surface area (Å²) in [6.45, 7) is 4.03. The molecule has 1 unspecified atom stereocenters. The van der Waals surface area contributed by atoms with E-state index in [1.165, 1.54) is 180 Å². The molecule has 0 aliphatic rings. The zero-order chi connectivity index (χ0) is 57.6. The molecule has 1 atom stereocenters. The molecule has 0 bridgehead atoms. The van der Waals surface area contributed by atoms with E-state index in [9.17, 15) is 14.7 Å². The fourth-order valence-electron chi connectivity index (χ4n) is 9.40. The van der Waals surface area contributed by atoms with E-state index in [1.54, 1.807) is 0 Å². The molecule has 0 rings (SSSR count). The number of hydrogen-bond donors (Lipinski definition) is 1. The van der Waals surface area contributed by atoms with E-state index in [0.717, 1.165) is 103 Å². The molecule has 0 heterocycles. The van der Waals surface area contributed by atoms with Gasteiger partial charge in [0.15, 0.2) is 6.10 Å². The Balaban J connectivity index is 3.50. The maximum Gasteiger partial charge on any atom is 0.306 e. The van der Waals surface area contributed by atoms with Crippen molar-refractivity contribution in [3.8, 4) is 0 Å². The third-order valence-electron chi connectivity index (χ3n) is 14.4. The number of carbonyl (C=O) groups excluding carboxylic acids is 2. The lowest BCUT2D eigenvalue weighted by Crippen LogP contribution is -2.28. The van der Waals surface area contributed by atoms with Gasteiger partial charge in [0.1, 0.15) is 6.61 Å². The molecule has 80 heavy (non-hydrogen) atoms. The molecule has 456 valence electrons. The summed E-state index contributed by atoms with van der Waals surface area (Å²) in [5.74, 6) is -0.591. The van der Waals surface area contributed by atoms with Gasteiger partial charge in [-0.15, -0.1) is 0 Å². The summed E-state index contributed by atoms with van der Waals surface area (Å²) in [6, 6.07) is 0. The smallest absolute Gasteiger partial charge is 0.306 e. The molecule has 0 aliphatic heterocycles. The Hall–Kier alpha value is -3.96. The molecule has 0 radical (unpaired) electrons. The van der Waals surface area contributed by atoms with E-state index >= 15 is 0 Å². The molecule has 5 nitrogen and oxygen atoms in total. The van der Waals surface area contributed by atoms with Crippen LogP contribution in [0.25, 0.3) is 0 Å². The van der Waals surface area contributed by atoms with Gasteiger partial charge in [-0.25, -0.2) is 0 Å². The third-order valence-corrected chi connectivity index (χ3v) is 14.4. The van der Waals surface area contributed by atoms with Gasteiger partial charge in [-0.3, -0.25) is 9.59 Å². The van der Waals surface area contributed by atoms with Gasteiger partial charge in [-0.1, -0.05) is 314 Å². The summed E-state index contributed by atoms with van der Waals surface area (Å²) < 4.78 is 10.7. The van der Waals surface area contributed by atoms with Crippen LogP contribution in [0.4, 0.5) is 0 Å². The van der Waals surface area contributed by atoms with Gasteiger partial charge in [0.25, 0.3) is 0 Å². The first kappa shape index (κ1) is 76.0. The minimum Gasteiger partial charge on any atom is -0.462 e. The molecule has 0 saturated heterocycles. The van der Waals surface area contributed by atoms with Gasteiger partial charge in [-0.05, 0) is 116 Å². The van der Waals surface area contributed by atoms with Crippen molar-refractivity contribution < 1.29 is 24.2 Å². The Labute approximate surface area is 496 Å². The zero-order valence-electron chi connectivity index (χ0n) is 52.3. The van der Waals surface area contributed by atoms with E-state index in [0.29, 0.717) is 12.8 Å². The number of allylic oxidation sites excluding steroid dienone is 22. The highest BCUT2D eigenvalue weighted by Crippen LogP contribution is 2.17. The summed E-state index contributed by atoms with van der Waals surface area (Å²) in [7, 11) is 0. The van der Waals surface area contributed by atoms with Crippen molar-refractivity contribution in [2.75, 3.05) is 13.2 Å². The van der Waals surface area contributed by atoms with Crippen molar-refractivity contribution in [3.05, 3.63) is 134 Å². The zero-order valence-corrected chi connectivity index (χ0v) is 52.3. The maximum atomic E-state index is 12.4. The number of hydrogen-bond acceptors (Lipinski definition) is 5. The van der Waals surface area contributed by atoms with Gasteiger partial charge < -0.3 is 14.6 Å². The van der Waals surface area contributed by atoms with E-state index in [4.69, 9.17) is 9.47 Å². The van der Waals surface area contributed by atoms with Crippen LogP contribution in [0, 0.1) is 0 Å². The van der Waals surface area contributed by atoms with E-state index in [2.05, 4.69) is 148 Å². The van der Waals surface area contributed by atoms with Gasteiger partial charge in [0, 0.05) is 12.8 Å². The number of aliphatic hydroxyl groups is 1. The van der Waals surface area contributed by atoms with Crippen LogP contribution in [-0.2, 0) is 19.1 Å². The molecular formula is C75H126O5. The monoisotopic (exact) mass is 1110 g/mol. The Morgan fingerprint density at radius 2 is 0.537 bits per heavy atom. The summed E-state index contributed by atoms with van der Waals surface area (Å²) >= 11 is 0. The summed E-state index contributed by atoms with van der Waals surface area (Å²) in [4.78, 5) is 24.6. The predicted octanol–water partition coefficient (Wildman–Crippen LogP) is 23.5. The van der Waals surface area contributed by atoms with E-state index in [-0.39, 0.29) is 25.2 Å². The molecule has 0 aromatic heterocycles. The van der Waals surface area contributed by atoms with Crippen molar-refractivity contribution in [1.82, 2.24) is 0 Å². The lowest BCUT2D eigenvalue weighted by Gasteiger charge is -2.15. The highest BCUT2D eigenvalue weighted by molar-refractivity contribution is 5.70.